The highest BCUT2D eigenvalue weighted by Crippen LogP contribution is 2.22. The number of pyridine rings is 1. The van der Waals surface area contributed by atoms with Crippen LogP contribution in [0.3, 0.4) is 0 Å². The molecule has 4 heteroatoms. The quantitative estimate of drug-likeness (QED) is 0.731. The van der Waals surface area contributed by atoms with E-state index in [1.54, 1.807) is 12.1 Å². The summed E-state index contributed by atoms with van der Waals surface area (Å²) >= 11 is 0. The van der Waals surface area contributed by atoms with Gasteiger partial charge in [0.1, 0.15) is 11.5 Å². The van der Waals surface area contributed by atoms with Gasteiger partial charge in [0.05, 0.1) is 5.69 Å². The van der Waals surface area contributed by atoms with E-state index in [1.807, 2.05) is 22.9 Å². The van der Waals surface area contributed by atoms with Gasteiger partial charge >= 0.3 is 0 Å². The zero-order valence-corrected chi connectivity index (χ0v) is 9.23. The third kappa shape index (κ3) is 1.57. The summed E-state index contributed by atoms with van der Waals surface area (Å²) in [5.74, 6) is -0.214. The van der Waals surface area contributed by atoms with Crippen LogP contribution in [-0.2, 0) is 6.42 Å². The van der Waals surface area contributed by atoms with E-state index in [0.29, 0.717) is 11.9 Å². The predicted octanol–water partition coefficient (Wildman–Crippen LogP) is 2.13. The average molecular weight is 229 g/mol. The first-order chi connectivity index (χ1) is 8.29. The fourth-order valence-corrected chi connectivity index (χ4v) is 2.08. The largest absolute Gasteiger partial charge is 0.330 e. The maximum absolute atomic E-state index is 13.6. The lowest BCUT2D eigenvalue weighted by Crippen LogP contribution is -2.02. The van der Waals surface area contributed by atoms with E-state index >= 15 is 0 Å². The number of hydrogen-bond donors (Lipinski definition) is 1. The van der Waals surface area contributed by atoms with Gasteiger partial charge < -0.3 is 10.1 Å². The van der Waals surface area contributed by atoms with E-state index in [-0.39, 0.29) is 5.82 Å². The molecule has 3 nitrogen and oxygen atoms in total. The van der Waals surface area contributed by atoms with Gasteiger partial charge in [-0.05, 0) is 18.7 Å². The van der Waals surface area contributed by atoms with Crippen LogP contribution in [0, 0.1) is 5.82 Å². The third-order valence-electron chi connectivity index (χ3n) is 2.88. The molecule has 86 valence electrons. The number of rotatable bonds is 2. The molecule has 2 N–H and O–H groups in total. The van der Waals surface area contributed by atoms with Crippen LogP contribution in [0.1, 0.15) is 5.69 Å². The maximum atomic E-state index is 13.6. The van der Waals surface area contributed by atoms with Crippen LogP contribution in [-0.4, -0.2) is 15.9 Å². The summed E-state index contributed by atoms with van der Waals surface area (Å²) in [5.41, 5.74) is 7.23. The number of fused-ring (bicyclic) bond motifs is 3. The molecule has 17 heavy (non-hydrogen) atoms. The van der Waals surface area contributed by atoms with Crippen LogP contribution in [0.25, 0.3) is 16.4 Å². The molecule has 0 radical (unpaired) electrons. The molecule has 0 saturated carbocycles. The molecule has 0 unspecified atom stereocenters. The van der Waals surface area contributed by atoms with Crippen molar-refractivity contribution >= 4 is 16.4 Å². The Morgan fingerprint density at radius 2 is 2.12 bits per heavy atom. The van der Waals surface area contributed by atoms with E-state index in [9.17, 15) is 4.39 Å². The van der Waals surface area contributed by atoms with Crippen molar-refractivity contribution in [1.29, 1.82) is 0 Å². The number of nitrogens with two attached hydrogens (primary N) is 1. The van der Waals surface area contributed by atoms with Crippen molar-refractivity contribution in [3.63, 3.8) is 0 Å². The number of halogens is 1. The standard InChI is InChI=1S/C13H12FN3/c14-12-3-1-2-11-10(12)5-7-17-8-9(4-6-15)16-13(11)17/h1-3,5,7-8H,4,6,15H2. The Kier molecular flexibility index (Phi) is 2.30. The van der Waals surface area contributed by atoms with Gasteiger partial charge in [0.15, 0.2) is 0 Å². The minimum Gasteiger partial charge on any atom is -0.330 e. The molecular weight excluding hydrogens is 217 g/mol. The van der Waals surface area contributed by atoms with E-state index in [4.69, 9.17) is 5.73 Å². The molecular formula is C13H12FN3. The molecule has 0 bridgehead atoms. The molecule has 0 spiro atoms. The third-order valence-corrected chi connectivity index (χ3v) is 2.88. The summed E-state index contributed by atoms with van der Waals surface area (Å²) in [7, 11) is 0. The van der Waals surface area contributed by atoms with Gasteiger partial charge in [-0.2, -0.15) is 0 Å². The lowest BCUT2D eigenvalue weighted by molar-refractivity contribution is 0.640. The molecule has 0 fully saturated rings. The van der Waals surface area contributed by atoms with Gasteiger partial charge in [-0.1, -0.05) is 12.1 Å². The van der Waals surface area contributed by atoms with Gasteiger partial charge in [-0.25, -0.2) is 9.37 Å². The minimum absolute atomic E-state index is 0.214. The molecule has 2 aromatic heterocycles. The number of nitrogens with zero attached hydrogens (tertiary/aromatic N) is 2. The number of aromatic nitrogens is 2. The monoisotopic (exact) mass is 229 g/mol. The highest BCUT2D eigenvalue weighted by molar-refractivity contribution is 5.94. The Bertz CT molecular complexity index is 688. The minimum atomic E-state index is -0.214. The van der Waals surface area contributed by atoms with Gasteiger partial charge in [-0.15, -0.1) is 0 Å². The Labute approximate surface area is 97.7 Å². The highest BCUT2D eigenvalue weighted by atomic mass is 19.1. The predicted molar refractivity (Wildman–Crippen MR) is 65.4 cm³/mol. The SMILES string of the molecule is NCCc1cn2ccc3c(F)cccc3c2n1. The van der Waals surface area contributed by atoms with Crippen molar-refractivity contribution in [2.75, 3.05) is 6.54 Å². The fourth-order valence-electron chi connectivity index (χ4n) is 2.08. The molecule has 2 heterocycles. The zero-order chi connectivity index (χ0) is 11.8. The highest BCUT2D eigenvalue weighted by Gasteiger charge is 2.07. The van der Waals surface area contributed by atoms with Crippen molar-refractivity contribution < 1.29 is 4.39 Å². The van der Waals surface area contributed by atoms with E-state index in [2.05, 4.69) is 4.98 Å². The van der Waals surface area contributed by atoms with Crippen molar-refractivity contribution in [2.45, 2.75) is 6.42 Å². The molecule has 0 saturated heterocycles. The molecule has 0 aliphatic rings. The first kappa shape index (κ1) is 10.2. The molecule has 0 aliphatic heterocycles. The molecule has 0 aliphatic carbocycles. The fraction of sp³-hybridized carbons (Fsp3) is 0.154. The van der Waals surface area contributed by atoms with Gasteiger partial charge in [-0.3, -0.25) is 0 Å². The molecule has 3 aromatic rings. The van der Waals surface area contributed by atoms with E-state index in [1.165, 1.54) is 6.07 Å². The summed E-state index contributed by atoms with van der Waals surface area (Å²) in [5, 5.41) is 1.43. The Morgan fingerprint density at radius 3 is 2.94 bits per heavy atom. The Balaban J connectivity index is 2.35. The molecule has 0 amide bonds. The van der Waals surface area contributed by atoms with Crippen molar-refractivity contribution in [3.05, 3.63) is 48.2 Å². The van der Waals surface area contributed by atoms with E-state index in [0.717, 1.165) is 23.1 Å². The summed E-state index contributed by atoms with van der Waals surface area (Å²) in [6.07, 6.45) is 4.50. The summed E-state index contributed by atoms with van der Waals surface area (Å²) in [6.45, 7) is 0.566. The van der Waals surface area contributed by atoms with Crippen LogP contribution in [0.15, 0.2) is 36.7 Å². The van der Waals surface area contributed by atoms with Gasteiger partial charge in [0.2, 0.25) is 0 Å². The smallest absolute Gasteiger partial charge is 0.145 e. The zero-order valence-electron chi connectivity index (χ0n) is 9.23. The van der Waals surface area contributed by atoms with Crippen molar-refractivity contribution in [3.8, 4) is 0 Å². The van der Waals surface area contributed by atoms with Gasteiger partial charge in [0.25, 0.3) is 0 Å². The van der Waals surface area contributed by atoms with Gasteiger partial charge in [0, 0.05) is 29.6 Å². The molecule has 1 aromatic carbocycles. The van der Waals surface area contributed by atoms with Crippen LogP contribution in [0.4, 0.5) is 4.39 Å². The van der Waals surface area contributed by atoms with Crippen LogP contribution >= 0.6 is 0 Å². The first-order valence-corrected chi connectivity index (χ1v) is 5.54. The second kappa shape index (κ2) is 3.82. The number of imidazole rings is 1. The lowest BCUT2D eigenvalue weighted by Gasteiger charge is -2.00. The molecule has 3 rings (SSSR count). The summed E-state index contributed by atoms with van der Waals surface area (Å²) in [6, 6.07) is 6.82. The summed E-state index contributed by atoms with van der Waals surface area (Å²) in [4.78, 5) is 4.49. The average Bonchev–Trinajstić information content (AvgIpc) is 2.73. The maximum Gasteiger partial charge on any atom is 0.145 e. The lowest BCUT2D eigenvalue weighted by atomic mass is 10.1. The second-order valence-corrected chi connectivity index (χ2v) is 4.02. The van der Waals surface area contributed by atoms with Crippen molar-refractivity contribution in [1.82, 2.24) is 9.38 Å². The number of benzene rings is 1. The topological polar surface area (TPSA) is 43.3 Å². The Morgan fingerprint density at radius 1 is 1.24 bits per heavy atom. The Hall–Kier alpha value is -1.94. The van der Waals surface area contributed by atoms with Crippen molar-refractivity contribution in [2.24, 2.45) is 5.73 Å². The van der Waals surface area contributed by atoms with Crippen LogP contribution in [0.5, 0.6) is 0 Å². The molecule has 0 atom stereocenters. The normalized spacial score (nSPS) is 11.4. The van der Waals surface area contributed by atoms with Crippen LogP contribution < -0.4 is 5.73 Å². The van der Waals surface area contributed by atoms with Crippen LogP contribution in [0.2, 0.25) is 0 Å². The summed E-state index contributed by atoms with van der Waals surface area (Å²) < 4.78 is 15.5. The van der Waals surface area contributed by atoms with E-state index < -0.39 is 0 Å². The number of hydrogen-bond acceptors (Lipinski definition) is 2. The second-order valence-electron chi connectivity index (χ2n) is 4.02. The first-order valence-electron chi connectivity index (χ1n) is 5.54.